The lowest BCUT2D eigenvalue weighted by molar-refractivity contribution is 0.931. The van der Waals surface area contributed by atoms with Crippen molar-refractivity contribution >= 4 is 0 Å². The molecule has 1 heteroatoms. The SMILES string of the molecule is Cc1ncccc1CCc1ccccc1. The summed E-state index contributed by atoms with van der Waals surface area (Å²) in [6, 6.07) is 14.7. The van der Waals surface area contributed by atoms with Gasteiger partial charge in [-0.3, -0.25) is 4.98 Å². The van der Waals surface area contributed by atoms with E-state index in [4.69, 9.17) is 0 Å². The lowest BCUT2D eigenvalue weighted by Gasteiger charge is -2.04. The molecule has 2 rings (SSSR count). The first-order valence-corrected chi connectivity index (χ1v) is 5.30. The molecule has 0 N–H and O–H groups in total. The molecule has 0 spiro atoms. The van der Waals surface area contributed by atoms with Crippen molar-refractivity contribution < 1.29 is 0 Å². The van der Waals surface area contributed by atoms with E-state index in [-0.39, 0.29) is 0 Å². The maximum atomic E-state index is 4.29. The van der Waals surface area contributed by atoms with Crippen LogP contribution in [-0.4, -0.2) is 4.98 Å². The van der Waals surface area contributed by atoms with E-state index >= 15 is 0 Å². The maximum Gasteiger partial charge on any atom is 0.0404 e. The minimum absolute atomic E-state index is 1.07. The molecule has 1 nitrogen and oxygen atoms in total. The molecule has 0 aliphatic carbocycles. The third-order valence-electron chi connectivity index (χ3n) is 2.64. The van der Waals surface area contributed by atoms with Crippen LogP contribution in [0.3, 0.4) is 0 Å². The summed E-state index contributed by atoms with van der Waals surface area (Å²) in [4.78, 5) is 4.29. The first-order chi connectivity index (χ1) is 7.36. The number of aromatic nitrogens is 1. The minimum Gasteiger partial charge on any atom is -0.261 e. The molecule has 0 saturated heterocycles. The van der Waals surface area contributed by atoms with Gasteiger partial charge in [-0.25, -0.2) is 0 Å². The van der Waals surface area contributed by atoms with E-state index in [1.807, 2.05) is 12.3 Å². The minimum atomic E-state index is 1.07. The molecule has 0 bridgehead atoms. The molecule has 0 fully saturated rings. The van der Waals surface area contributed by atoms with Gasteiger partial charge in [0.25, 0.3) is 0 Å². The molecule has 1 aromatic carbocycles. The van der Waals surface area contributed by atoms with Crippen molar-refractivity contribution in [1.29, 1.82) is 0 Å². The van der Waals surface area contributed by atoms with Gasteiger partial charge >= 0.3 is 0 Å². The number of aryl methyl sites for hydroxylation is 3. The Hall–Kier alpha value is -1.63. The van der Waals surface area contributed by atoms with Gasteiger partial charge in [0.15, 0.2) is 0 Å². The van der Waals surface area contributed by atoms with Gasteiger partial charge in [0.2, 0.25) is 0 Å². The fourth-order valence-corrected chi connectivity index (χ4v) is 1.71. The van der Waals surface area contributed by atoms with Crippen molar-refractivity contribution in [1.82, 2.24) is 4.98 Å². The number of rotatable bonds is 3. The first-order valence-electron chi connectivity index (χ1n) is 5.30. The molecule has 0 saturated carbocycles. The molecule has 1 heterocycles. The van der Waals surface area contributed by atoms with Gasteiger partial charge in [-0.05, 0) is 37.0 Å². The molecule has 1 aromatic heterocycles. The monoisotopic (exact) mass is 197 g/mol. The number of nitrogens with zero attached hydrogens (tertiary/aromatic N) is 1. The number of benzene rings is 1. The molecule has 0 unspecified atom stereocenters. The maximum absolute atomic E-state index is 4.29. The summed E-state index contributed by atoms with van der Waals surface area (Å²) >= 11 is 0. The summed E-state index contributed by atoms with van der Waals surface area (Å²) in [6.45, 7) is 2.07. The fraction of sp³-hybridized carbons (Fsp3) is 0.214. The third kappa shape index (κ3) is 2.66. The number of pyridine rings is 1. The van der Waals surface area contributed by atoms with Crippen molar-refractivity contribution in [3.8, 4) is 0 Å². The summed E-state index contributed by atoms with van der Waals surface area (Å²) in [7, 11) is 0. The molecule has 0 aliphatic rings. The van der Waals surface area contributed by atoms with E-state index < -0.39 is 0 Å². The molecule has 0 atom stereocenters. The summed E-state index contributed by atoms with van der Waals surface area (Å²) in [5.41, 5.74) is 3.88. The van der Waals surface area contributed by atoms with E-state index in [0.717, 1.165) is 18.5 Å². The molecule has 0 aliphatic heterocycles. The zero-order valence-electron chi connectivity index (χ0n) is 8.98. The van der Waals surface area contributed by atoms with Gasteiger partial charge in [-0.15, -0.1) is 0 Å². The van der Waals surface area contributed by atoms with Gasteiger partial charge in [0, 0.05) is 11.9 Å². The average molecular weight is 197 g/mol. The summed E-state index contributed by atoms with van der Waals surface area (Å²) in [6.07, 6.45) is 4.01. The molecular weight excluding hydrogens is 182 g/mol. The zero-order valence-corrected chi connectivity index (χ0v) is 8.98. The van der Waals surface area contributed by atoms with Crippen LogP contribution in [0.25, 0.3) is 0 Å². The zero-order chi connectivity index (χ0) is 10.5. The highest BCUT2D eigenvalue weighted by atomic mass is 14.7. The van der Waals surface area contributed by atoms with Crippen LogP contribution in [0.4, 0.5) is 0 Å². The topological polar surface area (TPSA) is 12.9 Å². The van der Waals surface area contributed by atoms with Crippen molar-refractivity contribution in [3.05, 3.63) is 65.5 Å². The Bertz CT molecular complexity index is 420. The van der Waals surface area contributed by atoms with Crippen LogP contribution in [0, 0.1) is 6.92 Å². The highest BCUT2D eigenvalue weighted by molar-refractivity contribution is 5.22. The van der Waals surface area contributed by atoms with Crippen LogP contribution in [0.1, 0.15) is 16.8 Å². The van der Waals surface area contributed by atoms with Crippen molar-refractivity contribution in [2.24, 2.45) is 0 Å². The second-order valence-electron chi connectivity index (χ2n) is 3.73. The van der Waals surface area contributed by atoms with Gasteiger partial charge in [0.1, 0.15) is 0 Å². The molecule has 0 radical (unpaired) electrons. The van der Waals surface area contributed by atoms with E-state index in [9.17, 15) is 0 Å². The summed E-state index contributed by atoms with van der Waals surface area (Å²) in [5.74, 6) is 0. The number of hydrogen-bond acceptors (Lipinski definition) is 1. The Kier molecular flexibility index (Phi) is 3.13. The second-order valence-corrected chi connectivity index (χ2v) is 3.73. The predicted molar refractivity (Wildman–Crippen MR) is 62.8 cm³/mol. The van der Waals surface area contributed by atoms with Gasteiger partial charge in [-0.2, -0.15) is 0 Å². The lowest BCUT2D eigenvalue weighted by Crippen LogP contribution is -1.95. The van der Waals surface area contributed by atoms with E-state index in [0.29, 0.717) is 0 Å². The molecule has 0 amide bonds. The predicted octanol–water partition coefficient (Wildman–Crippen LogP) is 3.18. The normalized spacial score (nSPS) is 10.2. The molecule has 2 aromatic rings. The van der Waals surface area contributed by atoms with Crippen molar-refractivity contribution in [2.45, 2.75) is 19.8 Å². The average Bonchev–Trinajstić information content (AvgIpc) is 2.29. The van der Waals surface area contributed by atoms with E-state index in [1.165, 1.54) is 11.1 Å². The molecule has 76 valence electrons. The smallest absolute Gasteiger partial charge is 0.0404 e. The van der Waals surface area contributed by atoms with Crippen LogP contribution in [-0.2, 0) is 12.8 Å². The Labute approximate surface area is 90.8 Å². The fourth-order valence-electron chi connectivity index (χ4n) is 1.71. The lowest BCUT2D eigenvalue weighted by atomic mass is 10.0. The Morgan fingerprint density at radius 3 is 2.47 bits per heavy atom. The summed E-state index contributed by atoms with van der Waals surface area (Å²) in [5, 5.41) is 0. The number of hydrogen-bond donors (Lipinski definition) is 0. The highest BCUT2D eigenvalue weighted by Gasteiger charge is 1.98. The Morgan fingerprint density at radius 1 is 0.933 bits per heavy atom. The summed E-state index contributed by atoms with van der Waals surface area (Å²) < 4.78 is 0. The van der Waals surface area contributed by atoms with E-state index in [1.54, 1.807) is 0 Å². The third-order valence-corrected chi connectivity index (χ3v) is 2.64. The quantitative estimate of drug-likeness (QED) is 0.736. The Balaban J connectivity index is 2.03. The van der Waals surface area contributed by atoms with Gasteiger partial charge in [0.05, 0.1) is 0 Å². The Morgan fingerprint density at radius 2 is 1.73 bits per heavy atom. The van der Waals surface area contributed by atoms with E-state index in [2.05, 4.69) is 48.3 Å². The van der Waals surface area contributed by atoms with Crippen LogP contribution < -0.4 is 0 Å². The molecular formula is C14H15N. The first kappa shape index (κ1) is 9.91. The van der Waals surface area contributed by atoms with Gasteiger partial charge in [-0.1, -0.05) is 36.4 Å². The molecule has 15 heavy (non-hydrogen) atoms. The van der Waals surface area contributed by atoms with Crippen molar-refractivity contribution in [2.75, 3.05) is 0 Å². The largest absolute Gasteiger partial charge is 0.261 e. The standard InChI is InChI=1S/C14H15N/c1-12-14(8-5-11-15-12)10-9-13-6-3-2-4-7-13/h2-8,11H,9-10H2,1H3. The second kappa shape index (κ2) is 4.74. The van der Waals surface area contributed by atoms with Crippen LogP contribution in [0.2, 0.25) is 0 Å². The van der Waals surface area contributed by atoms with Crippen LogP contribution in [0.15, 0.2) is 48.7 Å². The van der Waals surface area contributed by atoms with Crippen molar-refractivity contribution in [3.63, 3.8) is 0 Å². The highest BCUT2D eigenvalue weighted by Crippen LogP contribution is 2.09. The van der Waals surface area contributed by atoms with Crippen LogP contribution >= 0.6 is 0 Å². The van der Waals surface area contributed by atoms with Gasteiger partial charge < -0.3 is 0 Å². The van der Waals surface area contributed by atoms with Crippen LogP contribution in [0.5, 0.6) is 0 Å².